The first-order chi connectivity index (χ1) is 6.20. The van der Waals surface area contributed by atoms with Crippen LogP contribution in [-0.4, -0.2) is 17.6 Å². The normalized spacial score (nSPS) is 12.8. The first-order valence-electron chi connectivity index (χ1n) is 5.12. The zero-order valence-corrected chi connectivity index (χ0v) is 8.46. The monoisotopic (exact) mass is 187 g/mol. The lowest BCUT2D eigenvalue weighted by atomic mass is 9.98. The molecule has 3 heteroatoms. The Morgan fingerprint density at radius 2 is 2.08 bits per heavy atom. The lowest BCUT2D eigenvalue weighted by Crippen LogP contribution is -2.13. The number of aliphatic carboxylic acids is 1. The van der Waals surface area contributed by atoms with Gasteiger partial charge in [-0.3, -0.25) is 4.79 Å². The van der Waals surface area contributed by atoms with Crippen LogP contribution < -0.4 is 5.73 Å². The second-order valence-corrected chi connectivity index (χ2v) is 3.50. The predicted octanol–water partition coefficient (Wildman–Crippen LogP) is 2.01. The van der Waals surface area contributed by atoms with Crippen molar-refractivity contribution in [2.24, 2.45) is 11.7 Å². The Morgan fingerprint density at radius 3 is 2.54 bits per heavy atom. The van der Waals surface area contributed by atoms with Crippen LogP contribution in [0.2, 0.25) is 0 Å². The molecule has 3 nitrogen and oxygen atoms in total. The van der Waals surface area contributed by atoms with Gasteiger partial charge in [0.25, 0.3) is 0 Å². The molecule has 0 saturated carbocycles. The van der Waals surface area contributed by atoms with Gasteiger partial charge in [-0.2, -0.15) is 0 Å². The molecule has 0 heterocycles. The van der Waals surface area contributed by atoms with E-state index < -0.39 is 5.97 Å². The summed E-state index contributed by atoms with van der Waals surface area (Å²) in [6.07, 6.45) is 5.52. The molecule has 0 rings (SSSR count). The number of unbranched alkanes of at least 4 members (excludes halogenated alkanes) is 2. The molecule has 13 heavy (non-hydrogen) atoms. The highest BCUT2D eigenvalue weighted by Crippen LogP contribution is 2.12. The van der Waals surface area contributed by atoms with E-state index in [2.05, 4.69) is 6.92 Å². The second-order valence-electron chi connectivity index (χ2n) is 3.50. The highest BCUT2D eigenvalue weighted by molar-refractivity contribution is 5.66. The Morgan fingerprint density at radius 1 is 1.38 bits per heavy atom. The average molecular weight is 187 g/mol. The van der Waals surface area contributed by atoms with Gasteiger partial charge in [-0.25, -0.2) is 0 Å². The van der Waals surface area contributed by atoms with Crippen molar-refractivity contribution in [3.05, 3.63) is 0 Å². The molecule has 0 saturated heterocycles. The molecule has 3 N–H and O–H groups in total. The zero-order valence-electron chi connectivity index (χ0n) is 8.46. The van der Waals surface area contributed by atoms with Crippen molar-refractivity contribution in [2.45, 2.75) is 45.4 Å². The first kappa shape index (κ1) is 12.4. The molecule has 1 unspecified atom stereocenters. The van der Waals surface area contributed by atoms with Crippen molar-refractivity contribution in [3.63, 3.8) is 0 Å². The largest absolute Gasteiger partial charge is 0.481 e. The molecule has 0 aromatic heterocycles. The van der Waals surface area contributed by atoms with Gasteiger partial charge in [0.15, 0.2) is 0 Å². The van der Waals surface area contributed by atoms with E-state index in [0.29, 0.717) is 12.3 Å². The number of carboxylic acids is 1. The summed E-state index contributed by atoms with van der Waals surface area (Å²) in [5.74, 6) is -0.0595. The Balaban J connectivity index is 3.19. The third-order valence-electron chi connectivity index (χ3n) is 2.41. The van der Waals surface area contributed by atoms with E-state index in [1.807, 2.05) is 0 Å². The van der Waals surface area contributed by atoms with Crippen LogP contribution in [0.25, 0.3) is 0 Å². The van der Waals surface area contributed by atoms with Crippen LogP contribution >= 0.6 is 0 Å². The number of hydrogen-bond acceptors (Lipinski definition) is 2. The molecular formula is C10H21NO2. The summed E-state index contributed by atoms with van der Waals surface area (Å²) in [6, 6.07) is 0. The lowest BCUT2D eigenvalue weighted by Gasteiger charge is -2.10. The Kier molecular flexibility index (Phi) is 7.69. The maximum Gasteiger partial charge on any atom is 0.303 e. The second kappa shape index (κ2) is 8.05. The molecular weight excluding hydrogens is 166 g/mol. The summed E-state index contributed by atoms with van der Waals surface area (Å²) >= 11 is 0. The van der Waals surface area contributed by atoms with E-state index in [1.165, 1.54) is 0 Å². The van der Waals surface area contributed by atoms with Gasteiger partial charge in [0.2, 0.25) is 0 Å². The smallest absolute Gasteiger partial charge is 0.303 e. The summed E-state index contributed by atoms with van der Waals surface area (Å²) in [5.41, 5.74) is 5.55. The Bertz CT molecular complexity index is 133. The zero-order chi connectivity index (χ0) is 10.1. The fraction of sp³-hybridized carbons (Fsp3) is 0.900. The molecule has 78 valence electrons. The molecule has 0 amide bonds. The van der Waals surface area contributed by atoms with Gasteiger partial charge in [-0.1, -0.05) is 26.2 Å². The van der Waals surface area contributed by atoms with E-state index in [-0.39, 0.29) is 0 Å². The highest BCUT2D eigenvalue weighted by Gasteiger charge is 2.03. The van der Waals surface area contributed by atoms with Crippen LogP contribution in [0.4, 0.5) is 0 Å². The Hall–Kier alpha value is -0.570. The van der Waals surface area contributed by atoms with Crippen molar-refractivity contribution in [3.8, 4) is 0 Å². The van der Waals surface area contributed by atoms with Gasteiger partial charge >= 0.3 is 5.97 Å². The third kappa shape index (κ3) is 7.78. The minimum Gasteiger partial charge on any atom is -0.481 e. The quantitative estimate of drug-likeness (QED) is 0.571. The summed E-state index contributed by atoms with van der Waals surface area (Å²) in [7, 11) is 0. The molecule has 1 atom stereocenters. The van der Waals surface area contributed by atoms with E-state index in [0.717, 1.165) is 38.6 Å². The summed E-state index contributed by atoms with van der Waals surface area (Å²) < 4.78 is 0. The highest BCUT2D eigenvalue weighted by atomic mass is 16.4. The van der Waals surface area contributed by atoms with Crippen LogP contribution in [0.3, 0.4) is 0 Å². The van der Waals surface area contributed by atoms with Gasteiger partial charge in [0.05, 0.1) is 0 Å². The van der Waals surface area contributed by atoms with Gasteiger partial charge in [-0.15, -0.1) is 0 Å². The minimum atomic E-state index is -0.689. The van der Waals surface area contributed by atoms with E-state index in [1.54, 1.807) is 0 Å². The number of hydrogen-bond donors (Lipinski definition) is 2. The van der Waals surface area contributed by atoms with Gasteiger partial charge in [0.1, 0.15) is 0 Å². The van der Waals surface area contributed by atoms with Gasteiger partial charge < -0.3 is 10.8 Å². The number of nitrogens with two attached hydrogens (primary N) is 1. The first-order valence-corrected chi connectivity index (χ1v) is 5.12. The van der Waals surface area contributed by atoms with Crippen molar-refractivity contribution in [1.29, 1.82) is 0 Å². The lowest BCUT2D eigenvalue weighted by molar-refractivity contribution is -0.137. The van der Waals surface area contributed by atoms with Crippen LogP contribution in [0.5, 0.6) is 0 Å². The molecule has 0 bridgehead atoms. The minimum absolute atomic E-state index is 0.305. The van der Waals surface area contributed by atoms with E-state index in [9.17, 15) is 4.79 Å². The van der Waals surface area contributed by atoms with E-state index >= 15 is 0 Å². The Labute approximate surface area is 80.3 Å². The maximum atomic E-state index is 10.2. The SMILES string of the molecule is CCC(CN)CCCCCC(=O)O. The van der Waals surface area contributed by atoms with Gasteiger partial charge in [-0.05, 0) is 25.3 Å². The molecule has 0 radical (unpaired) electrons. The molecule has 0 aliphatic rings. The molecule has 0 aliphatic carbocycles. The molecule has 0 aromatic carbocycles. The predicted molar refractivity (Wildman–Crippen MR) is 53.6 cm³/mol. The molecule has 0 aromatic rings. The molecule has 0 aliphatic heterocycles. The third-order valence-corrected chi connectivity index (χ3v) is 2.41. The fourth-order valence-electron chi connectivity index (χ4n) is 1.37. The number of carbonyl (C=O) groups is 1. The molecule has 0 spiro atoms. The molecule has 0 fully saturated rings. The van der Waals surface area contributed by atoms with Crippen molar-refractivity contribution in [2.75, 3.05) is 6.54 Å². The van der Waals surface area contributed by atoms with Crippen LogP contribution in [0.1, 0.15) is 45.4 Å². The summed E-state index contributed by atoms with van der Waals surface area (Å²) in [6.45, 7) is 2.91. The van der Waals surface area contributed by atoms with Crippen molar-refractivity contribution >= 4 is 5.97 Å². The summed E-state index contributed by atoms with van der Waals surface area (Å²) in [5, 5.41) is 8.39. The van der Waals surface area contributed by atoms with E-state index in [4.69, 9.17) is 10.8 Å². The number of rotatable bonds is 8. The fourth-order valence-corrected chi connectivity index (χ4v) is 1.37. The average Bonchev–Trinajstić information content (AvgIpc) is 2.11. The van der Waals surface area contributed by atoms with Crippen LogP contribution in [0.15, 0.2) is 0 Å². The van der Waals surface area contributed by atoms with Crippen LogP contribution in [-0.2, 0) is 4.79 Å². The summed E-state index contributed by atoms with van der Waals surface area (Å²) in [4.78, 5) is 10.2. The van der Waals surface area contributed by atoms with Crippen molar-refractivity contribution in [1.82, 2.24) is 0 Å². The van der Waals surface area contributed by atoms with Crippen LogP contribution in [0, 0.1) is 5.92 Å². The van der Waals surface area contributed by atoms with Crippen molar-refractivity contribution < 1.29 is 9.90 Å². The van der Waals surface area contributed by atoms with Gasteiger partial charge in [0, 0.05) is 6.42 Å². The standard InChI is InChI=1S/C10H21NO2/c1-2-9(8-11)6-4-3-5-7-10(12)13/h9H,2-8,11H2,1H3,(H,12,13). The topological polar surface area (TPSA) is 63.3 Å². The number of carboxylic acid groups (broad SMARTS) is 1. The maximum absolute atomic E-state index is 10.2.